The van der Waals surface area contributed by atoms with Crippen LogP contribution in [-0.4, -0.2) is 24.3 Å². The first-order valence-electron chi connectivity index (χ1n) is 4.72. The lowest BCUT2D eigenvalue weighted by Crippen LogP contribution is -2.39. The van der Waals surface area contributed by atoms with Crippen LogP contribution in [0.1, 0.15) is 13.8 Å². The van der Waals surface area contributed by atoms with Crippen molar-refractivity contribution in [3.63, 3.8) is 0 Å². The molecule has 0 radical (unpaired) electrons. The molecule has 0 unspecified atom stereocenters. The highest BCUT2D eigenvalue weighted by Crippen LogP contribution is 1.96. The van der Waals surface area contributed by atoms with E-state index < -0.39 is 6.09 Å². The Balaban J connectivity index is 2.20. The maximum Gasteiger partial charge on any atom is 0.426 e. The first kappa shape index (κ1) is 10.6. The molecule has 0 saturated heterocycles. The van der Waals surface area contributed by atoms with Crippen molar-refractivity contribution in [3.8, 4) is 0 Å². The van der Waals surface area contributed by atoms with Crippen molar-refractivity contribution in [3.05, 3.63) is 24.4 Å². The van der Waals surface area contributed by atoms with Crippen molar-refractivity contribution in [1.82, 2.24) is 10.4 Å². The Kier molecular flexibility index (Phi) is 4.04. The van der Waals surface area contributed by atoms with E-state index >= 15 is 0 Å². The smallest absolute Gasteiger partial charge is 0.426 e. The molecule has 4 heteroatoms. The van der Waals surface area contributed by atoms with Crippen LogP contribution in [0.25, 0.3) is 0 Å². The van der Waals surface area contributed by atoms with E-state index in [1.54, 1.807) is 11.2 Å². The normalized spacial score (nSPS) is 14.6. The van der Waals surface area contributed by atoms with Gasteiger partial charge in [0.05, 0.1) is 13.2 Å². The Morgan fingerprint density at radius 2 is 2.36 bits per heavy atom. The summed E-state index contributed by atoms with van der Waals surface area (Å²) >= 11 is 0. The summed E-state index contributed by atoms with van der Waals surface area (Å²) in [6, 6.07) is 0. The highest BCUT2D eigenvalue weighted by atomic mass is 16.6. The summed E-state index contributed by atoms with van der Waals surface area (Å²) < 4.78 is 4.96. The fourth-order valence-electron chi connectivity index (χ4n) is 0.942. The molecule has 0 spiro atoms. The molecule has 0 atom stereocenters. The third-order valence-corrected chi connectivity index (χ3v) is 1.60. The van der Waals surface area contributed by atoms with Gasteiger partial charge in [-0.25, -0.2) is 10.2 Å². The zero-order valence-corrected chi connectivity index (χ0v) is 8.56. The molecule has 1 heterocycles. The second kappa shape index (κ2) is 5.32. The summed E-state index contributed by atoms with van der Waals surface area (Å²) in [5.74, 6) is 0.359. The van der Waals surface area contributed by atoms with Crippen LogP contribution in [0.5, 0.6) is 0 Å². The summed E-state index contributed by atoms with van der Waals surface area (Å²) in [6.07, 6.45) is 7.11. The van der Waals surface area contributed by atoms with Crippen molar-refractivity contribution in [2.75, 3.05) is 13.2 Å². The van der Waals surface area contributed by atoms with E-state index in [9.17, 15) is 4.79 Å². The van der Waals surface area contributed by atoms with Crippen molar-refractivity contribution in [1.29, 1.82) is 0 Å². The van der Waals surface area contributed by atoms with Gasteiger partial charge in [0.2, 0.25) is 0 Å². The average molecular weight is 196 g/mol. The fraction of sp³-hybridized carbons (Fsp3) is 0.500. The van der Waals surface area contributed by atoms with Gasteiger partial charge in [0.25, 0.3) is 0 Å². The lowest BCUT2D eigenvalue weighted by Gasteiger charge is -2.21. The summed E-state index contributed by atoms with van der Waals surface area (Å²) in [6.45, 7) is 5.11. The van der Waals surface area contributed by atoms with E-state index in [0.717, 1.165) is 0 Å². The molecule has 0 saturated carbocycles. The van der Waals surface area contributed by atoms with Gasteiger partial charge < -0.3 is 4.74 Å². The molecule has 1 rings (SSSR count). The first-order valence-corrected chi connectivity index (χ1v) is 4.72. The minimum Gasteiger partial charge on any atom is -0.448 e. The maximum atomic E-state index is 11.2. The number of hydrogen-bond acceptors (Lipinski definition) is 3. The highest BCUT2D eigenvalue weighted by molar-refractivity contribution is 5.66. The quantitative estimate of drug-likeness (QED) is 0.746. The maximum absolute atomic E-state index is 11.2. The molecule has 0 bridgehead atoms. The molecule has 4 nitrogen and oxygen atoms in total. The second-order valence-corrected chi connectivity index (χ2v) is 3.53. The highest BCUT2D eigenvalue weighted by Gasteiger charge is 2.06. The Morgan fingerprint density at radius 3 is 2.93 bits per heavy atom. The first-order chi connectivity index (χ1) is 6.68. The lowest BCUT2D eigenvalue weighted by molar-refractivity contribution is 0.112. The molecule has 0 aromatic carbocycles. The number of amides is 1. The van der Waals surface area contributed by atoms with E-state index in [4.69, 9.17) is 4.74 Å². The third-order valence-electron chi connectivity index (χ3n) is 1.60. The molecule has 0 aromatic heterocycles. The molecule has 0 aliphatic carbocycles. The zero-order valence-electron chi connectivity index (χ0n) is 8.56. The molecule has 0 fully saturated rings. The van der Waals surface area contributed by atoms with Crippen LogP contribution >= 0.6 is 0 Å². The van der Waals surface area contributed by atoms with Crippen molar-refractivity contribution < 1.29 is 9.53 Å². The van der Waals surface area contributed by atoms with Gasteiger partial charge in [-0.3, -0.25) is 5.01 Å². The van der Waals surface area contributed by atoms with Crippen molar-refractivity contribution >= 4 is 6.09 Å². The topological polar surface area (TPSA) is 41.6 Å². The number of nitrogens with zero attached hydrogens (tertiary/aromatic N) is 1. The van der Waals surface area contributed by atoms with Gasteiger partial charge in [-0.15, -0.1) is 0 Å². The van der Waals surface area contributed by atoms with Crippen LogP contribution in [0.3, 0.4) is 0 Å². The van der Waals surface area contributed by atoms with Gasteiger partial charge in [0.1, 0.15) is 0 Å². The van der Waals surface area contributed by atoms with Crippen LogP contribution in [-0.2, 0) is 4.74 Å². The number of carbonyl (C=O) groups excluding carboxylic acids is 1. The standard InChI is InChI=1S/C10H16N2O2/c1-9(2)8-14-10(13)11-12-6-4-3-5-7-12/h3-6,9H,7-8H2,1-2H3,(H,11,13). The molecule has 0 aromatic rings. The van der Waals surface area contributed by atoms with Gasteiger partial charge in [0.15, 0.2) is 0 Å². The van der Waals surface area contributed by atoms with Gasteiger partial charge in [0, 0.05) is 6.20 Å². The van der Waals surface area contributed by atoms with E-state index in [0.29, 0.717) is 19.1 Å². The van der Waals surface area contributed by atoms with Gasteiger partial charge >= 0.3 is 6.09 Å². The zero-order chi connectivity index (χ0) is 10.4. The van der Waals surface area contributed by atoms with Gasteiger partial charge in [-0.2, -0.15) is 0 Å². The number of carbonyl (C=O) groups is 1. The SMILES string of the molecule is CC(C)COC(=O)NN1C=CC=CC1. The fourth-order valence-corrected chi connectivity index (χ4v) is 0.942. The summed E-state index contributed by atoms with van der Waals surface area (Å²) in [7, 11) is 0. The predicted molar refractivity (Wildman–Crippen MR) is 54.3 cm³/mol. The number of hydrogen-bond donors (Lipinski definition) is 1. The van der Waals surface area contributed by atoms with E-state index in [1.807, 2.05) is 32.1 Å². The molecular formula is C10H16N2O2. The Labute approximate surface area is 84.2 Å². The number of ether oxygens (including phenoxy) is 1. The average Bonchev–Trinajstić information content (AvgIpc) is 2.16. The Morgan fingerprint density at radius 1 is 1.57 bits per heavy atom. The number of rotatable bonds is 3. The summed E-state index contributed by atoms with van der Waals surface area (Å²) in [5, 5.41) is 1.67. The largest absolute Gasteiger partial charge is 0.448 e. The number of allylic oxidation sites excluding steroid dienone is 2. The minimum absolute atomic E-state index is 0.359. The Hall–Kier alpha value is -1.45. The molecular weight excluding hydrogens is 180 g/mol. The number of nitrogens with one attached hydrogen (secondary N) is 1. The molecule has 1 aliphatic heterocycles. The molecule has 14 heavy (non-hydrogen) atoms. The van der Waals surface area contributed by atoms with Gasteiger partial charge in [-0.05, 0) is 12.0 Å². The van der Waals surface area contributed by atoms with Crippen LogP contribution < -0.4 is 5.43 Å². The Bertz CT molecular complexity index is 247. The second-order valence-electron chi connectivity index (χ2n) is 3.53. The van der Waals surface area contributed by atoms with Gasteiger partial charge in [-0.1, -0.05) is 26.0 Å². The van der Waals surface area contributed by atoms with Crippen LogP contribution in [0.2, 0.25) is 0 Å². The molecule has 78 valence electrons. The van der Waals surface area contributed by atoms with Crippen molar-refractivity contribution in [2.24, 2.45) is 5.92 Å². The van der Waals surface area contributed by atoms with E-state index in [-0.39, 0.29) is 0 Å². The van der Waals surface area contributed by atoms with Crippen molar-refractivity contribution in [2.45, 2.75) is 13.8 Å². The third kappa shape index (κ3) is 3.98. The number of hydrazine groups is 1. The van der Waals surface area contributed by atoms with E-state index in [2.05, 4.69) is 5.43 Å². The predicted octanol–water partition coefficient (Wildman–Crippen LogP) is 1.67. The minimum atomic E-state index is -0.404. The van der Waals surface area contributed by atoms with E-state index in [1.165, 1.54) is 0 Å². The molecule has 1 amide bonds. The van der Waals surface area contributed by atoms with Crippen LogP contribution in [0, 0.1) is 5.92 Å². The summed E-state index contributed by atoms with van der Waals surface area (Å²) in [4.78, 5) is 11.2. The van der Waals surface area contributed by atoms with Crippen LogP contribution in [0.4, 0.5) is 4.79 Å². The lowest BCUT2D eigenvalue weighted by atomic mass is 10.2. The van der Waals surface area contributed by atoms with Crippen LogP contribution in [0.15, 0.2) is 24.4 Å². The molecule has 1 aliphatic rings. The monoisotopic (exact) mass is 196 g/mol. The summed E-state index contributed by atoms with van der Waals surface area (Å²) in [5.41, 5.74) is 2.61. The molecule has 1 N–H and O–H groups in total.